The zero-order valence-corrected chi connectivity index (χ0v) is 21.2. The Morgan fingerprint density at radius 1 is 1.22 bits per heavy atom. The van der Waals surface area contributed by atoms with E-state index < -0.39 is 40.3 Å². The van der Waals surface area contributed by atoms with Crippen LogP contribution in [0.3, 0.4) is 0 Å². The van der Waals surface area contributed by atoms with Gasteiger partial charge in [-0.1, -0.05) is 13.8 Å². The molecule has 3 fully saturated rings. The first-order chi connectivity index (χ1) is 17.6. The second-order valence-electron chi connectivity index (χ2n) is 11.4. The predicted octanol–water partition coefficient (Wildman–Crippen LogP) is 3.11. The van der Waals surface area contributed by atoms with Gasteiger partial charge in [-0.3, -0.25) is 4.79 Å². The number of nitrogens with zero attached hydrogens (tertiary/aromatic N) is 2. The van der Waals surface area contributed by atoms with Gasteiger partial charge in [0.05, 0.1) is 45.3 Å². The van der Waals surface area contributed by atoms with Crippen LogP contribution in [0, 0.1) is 16.6 Å². The third-order valence-electron chi connectivity index (χ3n) is 8.14. The molecule has 198 valence electrons. The van der Waals surface area contributed by atoms with Crippen LogP contribution in [-0.4, -0.2) is 73.7 Å². The van der Waals surface area contributed by atoms with Gasteiger partial charge in [0.15, 0.2) is 17.3 Å². The highest BCUT2D eigenvalue weighted by Gasteiger charge is 2.50. The number of fused-ring (bicyclic) bond motifs is 6. The minimum absolute atomic E-state index is 0.0429. The fourth-order valence-corrected chi connectivity index (χ4v) is 6.30. The highest BCUT2D eigenvalue weighted by molar-refractivity contribution is 5.88. The standard InChI is InChI=1S/C27H31FN2O7/c1-26(2)12-37-23-16-8-19(36-6-4-5-29-10-27(11-29)13-35-14-27)18(34-3)7-15(16)21-20(28)22(31)17(25(32)33)9-30(21)24(23)26/h7-9,23-24H,4-6,10-14H2,1-3H3,(H,32,33)/t23-,24+/m1/s1. The quantitative estimate of drug-likeness (QED) is 0.563. The van der Waals surface area contributed by atoms with E-state index in [0.717, 1.165) is 39.3 Å². The van der Waals surface area contributed by atoms with Crippen molar-refractivity contribution in [3.63, 3.8) is 0 Å². The van der Waals surface area contributed by atoms with Crippen molar-refractivity contribution < 1.29 is 33.2 Å². The van der Waals surface area contributed by atoms with Gasteiger partial charge < -0.3 is 33.5 Å². The molecule has 0 aliphatic carbocycles. The number of carboxylic acids is 1. The lowest BCUT2D eigenvalue weighted by Gasteiger charge is -2.55. The third-order valence-corrected chi connectivity index (χ3v) is 8.14. The maximum atomic E-state index is 15.6. The van der Waals surface area contributed by atoms with E-state index >= 15 is 4.39 Å². The number of likely N-dealkylation sites (tertiary alicyclic amines) is 1. The zero-order chi connectivity index (χ0) is 26.1. The molecule has 1 N–H and O–H groups in total. The summed E-state index contributed by atoms with van der Waals surface area (Å²) in [7, 11) is 1.51. The lowest BCUT2D eigenvalue weighted by atomic mass is 9.78. The van der Waals surface area contributed by atoms with Gasteiger partial charge >= 0.3 is 5.97 Å². The Bertz CT molecular complexity index is 1330. The van der Waals surface area contributed by atoms with E-state index in [2.05, 4.69) is 4.90 Å². The Morgan fingerprint density at radius 2 is 1.97 bits per heavy atom. The van der Waals surface area contributed by atoms with Gasteiger partial charge in [-0.2, -0.15) is 0 Å². The number of hydrogen-bond donors (Lipinski definition) is 1. The van der Waals surface area contributed by atoms with Crippen molar-refractivity contribution >= 4 is 5.97 Å². The number of carbonyl (C=O) groups is 1. The average Bonchev–Trinajstić information content (AvgIpc) is 3.13. The average molecular weight is 515 g/mol. The lowest BCUT2D eigenvalue weighted by molar-refractivity contribution is -0.189. The van der Waals surface area contributed by atoms with E-state index in [1.165, 1.54) is 13.3 Å². The summed E-state index contributed by atoms with van der Waals surface area (Å²) >= 11 is 0. The third kappa shape index (κ3) is 3.76. The van der Waals surface area contributed by atoms with Gasteiger partial charge in [-0.15, -0.1) is 0 Å². The monoisotopic (exact) mass is 514 g/mol. The van der Waals surface area contributed by atoms with Gasteiger partial charge in [0.2, 0.25) is 5.43 Å². The van der Waals surface area contributed by atoms with Crippen molar-refractivity contribution in [1.29, 1.82) is 0 Å². The van der Waals surface area contributed by atoms with E-state index in [-0.39, 0.29) is 5.69 Å². The number of halogens is 1. The number of methoxy groups -OCH3 is 1. The van der Waals surface area contributed by atoms with Gasteiger partial charge in [0.1, 0.15) is 11.7 Å². The number of rotatable bonds is 7. The fraction of sp³-hybridized carbons (Fsp3) is 0.556. The molecule has 2 atom stereocenters. The van der Waals surface area contributed by atoms with Crippen molar-refractivity contribution in [3.8, 4) is 22.8 Å². The van der Waals surface area contributed by atoms with Crippen LogP contribution >= 0.6 is 0 Å². The van der Waals surface area contributed by atoms with E-state index in [1.54, 1.807) is 10.6 Å². The molecule has 4 aliphatic heterocycles. The Morgan fingerprint density at radius 3 is 2.62 bits per heavy atom. The van der Waals surface area contributed by atoms with E-state index in [9.17, 15) is 14.7 Å². The molecule has 0 bridgehead atoms. The molecule has 5 heterocycles. The van der Waals surface area contributed by atoms with Gasteiger partial charge in [-0.05, 0) is 24.1 Å². The molecule has 1 aromatic heterocycles. The van der Waals surface area contributed by atoms with Crippen LogP contribution in [0.5, 0.6) is 11.5 Å². The Labute approximate surface area is 213 Å². The minimum atomic E-state index is -1.46. The molecule has 2 aromatic rings. The number of ether oxygens (including phenoxy) is 4. The summed E-state index contributed by atoms with van der Waals surface area (Å²) in [6.07, 6.45) is 1.63. The molecule has 1 spiro atoms. The van der Waals surface area contributed by atoms with Crippen LogP contribution in [0.15, 0.2) is 23.1 Å². The number of aromatic nitrogens is 1. The maximum Gasteiger partial charge on any atom is 0.341 e. The Hall–Kier alpha value is -2.95. The predicted molar refractivity (Wildman–Crippen MR) is 131 cm³/mol. The highest BCUT2D eigenvalue weighted by atomic mass is 19.1. The molecule has 1 aromatic carbocycles. The SMILES string of the molecule is COc1cc2c(cc1OCCCN1CC3(COC3)C1)[C@H]1OCC(C)(C)[C@H]1n1cc(C(=O)O)c(=O)c(F)c1-2. The van der Waals surface area contributed by atoms with Crippen molar-refractivity contribution in [1.82, 2.24) is 9.47 Å². The molecule has 10 heteroatoms. The molecule has 0 radical (unpaired) electrons. The zero-order valence-electron chi connectivity index (χ0n) is 21.2. The molecule has 37 heavy (non-hydrogen) atoms. The van der Waals surface area contributed by atoms with Crippen molar-refractivity contribution in [2.45, 2.75) is 32.4 Å². The smallest absolute Gasteiger partial charge is 0.341 e. The summed E-state index contributed by atoms with van der Waals surface area (Å²) in [6.45, 7) is 9.65. The first-order valence-corrected chi connectivity index (χ1v) is 12.6. The van der Waals surface area contributed by atoms with Gasteiger partial charge in [0, 0.05) is 42.2 Å². The summed E-state index contributed by atoms with van der Waals surface area (Å²) in [6, 6.07) is 3.06. The summed E-state index contributed by atoms with van der Waals surface area (Å²) < 4.78 is 40.3. The van der Waals surface area contributed by atoms with Crippen molar-refractivity contribution in [3.05, 3.63) is 45.5 Å². The number of aromatic carboxylic acids is 1. The summed E-state index contributed by atoms with van der Waals surface area (Å²) in [5, 5.41) is 9.52. The fourth-order valence-electron chi connectivity index (χ4n) is 6.30. The Balaban J connectivity index is 1.32. The summed E-state index contributed by atoms with van der Waals surface area (Å²) in [5.41, 5.74) is -0.619. The number of pyridine rings is 1. The lowest BCUT2D eigenvalue weighted by Crippen LogP contribution is -2.65. The summed E-state index contributed by atoms with van der Waals surface area (Å²) in [4.78, 5) is 26.7. The molecule has 9 nitrogen and oxygen atoms in total. The van der Waals surface area contributed by atoms with Crippen LogP contribution in [0.2, 0.25) is 0 Å². The van der Waals surface area contributed by atoms with E-state index in [0.29, 0.717) is 41.3 Å². The number of carboxylic acid groups (broad SMARTS) is 1. The second kappa shape index (κ2) is 8.54. The van der Waals surface area contributed by atoms with E-state index in [1.807, 2.05) is 19.9 Å². The molecule has 0 amide bonds. The van der Waals surface area contributed by atoms with Crippen LogP contribution in [0.4, 0.5) is 4.39 Å². The van der Waals surface area contributed by atoms with Crippen LogP contribution in [0.1, 0.15) is 48.3 Å². The first kappa shape index (κ1) is 24.4. The maximum absolute atomic E-state index is 15.6. The van der Waals surface area contributed by atoms with Gasteiger partial charge in [-0.25, -0.2) is 9.18 Å². The molecule has 0 saturated carbocycles. The van der Waals surface area contributed by atoms with E-state index in [4.69, 9.17) is 18.9 Å². The molecule has 0 unspecified atom stereocenters. The molecule has 6 rings (SSSR count). The molecule has 3 saturated heterocycles. The molecular weight excluding hydrogens is 483 g/mol. The summed E-state index contributed by atoms with van der Waals surface area (Å²) in [5.74, 6) is -1.62. The second-order valence-corrected chi connectivity index (χ2v) is 11.4. The minimum Gasteiger partial charge on any atom is -0.493 e. The van der Waals surface area contributed by atoms with Gasteiger partial charge in [0.25, 0.3) is 0 Å². The van der Waals surface area contributed by atoms with Crippen molar-refractivity contribution in [2.24, 2.45) is 10.8 Å². The first-order valence-electron chi connectivity index (χ1n) is 12.6. The normalized spacial score (nSPS) is 24.4. The molecular formula is C27H31FN2O7. The van der Waals surface area contributed by atoms with Crippen LogP contribution in [-0.2, 0) is 9.47 Å². The van der Waals surface area contributed by atoms with Crippen LogP contribution in [0.25, 0.3) is 11.3 Å². The molecule has 4 aliphatic rings. The van der Waals surface area contributed by atoms with Crippen LogP contribution < -0.4 is 14.9 Å². The van der Waals surface area contributed by atoms with Crippen molar-refractivity contribution in [2.75, 3.05) is 53.2 Å². The number of hydrogen-bond acceptors (Lipinski definition) is 7. The highest BCUT2D eigenvalue weighted by Crippen LogP contribution is 2.56. The Kier molecular flexibility index (Phi) is 5.63. The number of benzene rings is 1. The largest absolute Gasteiger partial charge is 0.493 e. The topological polar surface area (TPSA) is 99.5 Å².